The van der Waals surface area contributed by atoms with E-state index in [1.165, 1.54) is 16.0 Å². The standard InChI is InChI=1S/C16H18BrNOS/c1-11-8-13(19-2)6-7-15(11)16(18)10-20-14-5-3-4-12(17)9-14/h3-9,16H,10,18H2,1-2H3. The van der Waals surface area contributed by atoms with Crippen LogP contribution in [0.2, 0.25) is 0 Å². The van der Waals surface area contributed by atoms with E-state index in [9.17, 15) is 0 Å². The summed E-state index contributed by atoms with van der Waals surface area (Å²) in [6.07, 6.45) is 0. The van der Waals surface area contributed by atoms with E-state index in [2.05, 4.69) is 41.1 Å². The molecule has 0 aliphatic rings. The summed E-state index contributed by atoms with van der Waals surface area (Å²) in [5.74, 6) is 1.72. The van der Waals surface area contributed by atoms with Gasteiger partial charge in [0.1, 0.15) is 5.75 Å². The lowest BCUT2D eigenvalue weighted by atomic mass is 10.0. The number of ether oxygens (including phenoxy) is 1. The van der Waals surface area contributed by atoms with Crippen molar-refractivity contribution in [2.75, 3.05) is 12.9 Å². The van der Waals surface area contributed by atoms with Crippen LogP contribution in [0.25, 0.3) is 0 Å². The van der Waals surface area contributed by atoms with E-state index in [-0.39, 0.29) is 6.04 Å². The molecule has 0 spiro atoms. The highest BCUT2D eigenvalue weighted by atomic mass is 79.9. The van der Waals surface area contributed by atoms with Crippen molar-refractivity contribution in [2.24, 2.45) is 5.73 Å². The molecule has 2 aromatic rings. The van der Waals surface area contributed by atoms with Crippen molar-refractivity contribution in [1.29, 1.82) is 0 Å². The summed E-state index contributed by atoms with van der Waals surface area (Å²) < 4.78 is 6.32. The van der Waals surface area contributed by atoms with Crippen molar-refractivity contribution in [2.45, 2.75) is 17.9 Å². The van der Waals surface area contributed by atoms with Crippen LogP contribution >= 0.6 is 27.7 Å². The van der Waals surface area contributed by atoms with Crippen LogP contribution in [0.3, 0.4) is 0 Å². The zero-order valence-corrected chi connectivity index (χ0v) is 14.0. The van der Waals surface area contributed by atoms with Gasteiger partial charge in [-0.05, 0) is 48.4 Å². The number of nitrogens with two attached hydrogens (primary N) is 1. The maximum absolute atomic E-state index is 6.30. The topological polar surface area (TPSA) is 35.2 Å². The van der Waals surface area contributed by atoms with Gasteiger partial charge >= 0.3 is 0 Å². The molecule has 0 amide bonds. The highest BCUT2D eigenvalue weighted by molar-refractivity contribution is 9.10. The third-order valence-corrected chi connectivity index (χ3v) is 4.71. The lowest BCUT2D eigenvalue weighted by Crippen LogP contribution is -2.14. The third-order valence-electron chi connectivity index (χ3n) is 3.10. The Labute approximate surface area is 132 Å². The Morgan fingerprint density at radius 2 is 2.05 bits per heavy atom. The molecule has 20 heavy (non-hydrogen) atoms. The predicted molar refractivity (Wildman–Crippen MR) is 89.5 cm³/mol. The second kappa shape index (κ2) is 7.16. The van der Waals surface area contributed by atoms with Gasteiger partial charge in [0.05, 0.1) is 7.11 Å². The maximum atomic E-state index is 6.30. The maximum Gasteiger partial charge on any atom is 0.119 e. The number of aryl methyl sites for hydroxylation is 1. The Hall–Kier alpha value is -0.970. The average molecular weight is 352 g/mol. The first kappa shape index (κ1) is 15.4. The molecule has 1 atom stereocenters. The molecule has 2 rings (SSSR count). The van der Waals surface area contributed by atoms with Crippen LogP contribution in [0.4, 0.5) is 0 Å². The van der Waals surface area contributed by atoms with Crippen LogP contribution < -0.4 is 10.5 Å². The molecule has 106 valence electrons. The largest absolute Gasteiger partial charge is 0.497 e. The van der Waals surface area contributed by atoms with Crippen molar-refractivity contribution in [1.82, 2.24) is 0 Å². The molecule has 2 N–H and O–H groups in total. The second-order valence-corrected chi connectivity index (χ2v) is 6.61. The molecular weight excluding hydrogens is 334 g/mol. The summed E-state index contributed by atoms with van der Waals surface area (Å²) in [5.41, 5.74) is 8.65. The highest BCUT2D eigenvalue weighted by Crippen LogP contribution is 2.28. The van der Waals surface area contributed by atoms with Gasteiger partial charge in [-0.3, -0.25) is 0 Å². The quantitative estimate of drug-likeness (QED) is 0.802. The van der Waals surface area contributed by atoms with Gasteiger partial charge in [-0.15, -0.1) is 11.8 Å². The number of hydrogen-bond donors (Lipinski definition) is 1. The van der Waals surface area contributed by atoms with Crippen LogP contribution in [-0.2, 0) is 0 Å². The van der Waals surface area contributed by atoms with Gasteiger partial charge < -0.3 is 10.5 Å². The van der Waals surface area contributed by atoms with Crippen molar-refractivity contribution in [3.05, 3.63) is 58.1 Å². The Morgan fingerprint density at radius 1 is 1.25 bits per heavy atom. The Kier molecular flexibility index (Phi) is 5.52. The number of methoxy groups -OCH3 is 1. The van der Waals surface area contributed by atoms with E-state index in [1.807, 2.05) is 24.3 Å². The van der Waals surface area contributed by atoms with E-state index in [0.717, 1.165) is 16.0 Å². The minimum atomic E-state index is 0.0184. The predicted octanol–water partition coefficient (Wildman–Crippen LogP) is 4.56. The SMILES string of the molecule is COc1ccc(C(N)CSc2cccc(Br)c2)c(C)c1. The summed E-state index contributed by atoms with van der Waals surface area (Å²) in [5, 5.41) is 0. The monoisotopic (exact) mass is 351 g/mol. The molecule has 0 saturated heterocycles. The van der Waals surface area contributed by atoms with Gasteiger partial charge in [-0.25, -0.2) is 0 Å². The lowest BCUT2D eigenvalue weighted by Gasteiger charge is -2.15. The van der Waals surface area contributed by atoms with Gasteiger partial charge in [-0.2, -0.15) is 0 Å². The number of benzene rings is 2. The first-order valence-corrected chi connectivity index (χ1v) is 8.16. The molecule has 0 fully saturated rings. The fourth-order valence-electron chi connectivity index (χ4n) is 2.02. The minimum absolute atomic E-state index is 0.0184. The first-order chi connectivity index (χ1) is 9.60. The third kappa shape index (κ3) is 4.01. The van der Waals surface area contributed by atoms with Crippen LogP contribution in [0, 0.1) is 6.92 Å². The molecule has 0 aliphatic carbocycles. The summed E-state index contributed by atoms with van der Waals surface area (Å²) >= 11 is 5.25. The van der Waals surface area contributed by atoms with Gasteiger partial charge in [0.25, 0.3) is 0 Å². The smallest absolute Gasteiger partial charge is 0.119 e. The molecule has 1 unspecified atom stereocenters. The van der Waals surface area contributed by atoms with Crippen molar-refractivity contribution >= 4 is 27.7 Å². The number of halogens is 1. The molecular formula is C16H18BrNOS. The molecule has 0 aromatic heterocycles. The molecule has 0 heterocycles. The van der Waals surface area contributed by atoms with Crippen LogP contribution in [-0.4, -0.2) is 12.9 Å². The van der Waals surface area contributed by atoms with Gasteiger partial charge in [-0.1, -0.05) is 28.1 Å². The zero-order valence-electron chi connectivity index (χ0n) is 11.6. The van der Waals surface area contributed by atoms with E-state index >= 15 is 0 Å². The second-order valence-electron chi connectivity index (χ2n) is 4.60. The van der Waals surface area contributed by atoms with E-state index in [0.29, 0.717) is 0 Å². The van der Waals surface area contributed by atoms with Gasteiger partial charge in [0, 0.05) is 21.2 Å². The molecule has 0 bridgehead atoms. The molecule has 2 nitrogen and oxygen atoms in total. The van der Waals surface area contributed by atoms with Gasteiger partial charge in [0.2, 0.25) is 0 Å². The summed E-state index contributed by atoms with van der Waals surface area (Å²) in [7, 11) is 1.68. The zero-order chi connectivity index (χ0) is 14.5. The first-order valence-electron chi connectivity index (χ1n) is 6.38. The summed E-state index contributed by atoms with van der Waals surface area (Å²) in [6, 6.07) is 14.3. The summed E-state index contributed by atoms with van der Waals surface area (Å²) in [6.45, 7) is 2.07. The van der Waals surface area contributed by atoms with Crippen LogP contribution in [0.15, 0.2) is 51.8 Å². The van der Waals surface area contributed by atoms with Crippen molar-refractivity contribution in [3.8, 4) is 5.75 Å². The Balaban J connectivity index is 2.03. The van der Waals surface area contributed by atoms with Crippen molar-refractivity contribution in [3.63, 3.8) is 0 Å². The fraction of sp³-hybridized carbons (Fsp3) is 0.250. The van der Waals surface area contributed by atoms with E-state index < -0.39 is 0 Å². The minimum Gasteiger partial charge on any atom is -0.497 e. The van der Waals surface area contributed by atoms with Crippen LogP contribution in [0.1, 0.15) is 17.2 Å². The van der Waals surface area contributed by atoms with Gasteiger partial charge in [0.15, 0.2) is 0 Å². The van der Waals surface area contributed by atoms with Crippen molar-refractivity contribution < 1.29 is 4.74 Å². The number of thioether (sulfide) groups is 1. The fourth-order valence-corrected chi connectivity index (χ4v) is 3.51. The normalized spacial score (nSPS) is 12.2. The summed E-state index contributed by atoms with van der Waals surface area (Å²) in [4.78, 5) is 1.22. The number of hydrogen-bond acceptors (Lipinski definition) is 3. The van der Waals surface area contributed by atoms with Crippen LogP contribution in [0.5, 0.6) is 5.75 Å². The molecule has 0 saturated carbocycles. The Morgan fingerprint density at radius 3 is 2.70 bits per heavy atom. The molecule has 0 radical (unpaired) electrons. The van der Waals surface area contributed by atoms with E-state index in [4.69, 9.17) is 10.5 Å². The Bertz CT molecular complexity index is 588. The number of rotatable bonds is 5. The highest BCUT2D eigenvalue weighted by Gasteiger charge is 2.10. The average Bonchev–Trinajstić information content (AvgIpc) is 2.44. The molecule has 0 aliphatic heterocycles. The molecule has 4 heteroatoms. The molecule has 2 aromatic carbocycles. The lowest BCUT2D eigenvalue weighted by molar-refractivity contribution is 0.414. The van der Waals surface area contributed by atoms with E-state index in [1.54, 1.807) is 18.9 Å².